The van der Waals surface area contributed by atoms with Crippen molar-refractivity contribution >= 4 is 24.0 Å². The maximum atomic E-state index is 13.3. The number of hydrogen-bond donors (Lipinski definition) is 2. The largest absolute Gasteiger partial charge is 0.478 e. The number of amides is 1. The Labute approximate surface area is 92.0 Å². The molecule has 0 fully saturated rings. The van der Waals surface area contributed by atoms with Crippen LogP contribution in [0.5, 0.6) is 5.75 Å². The van der Waals surface area contributed by atoms with Gasteiger partial charge in [0, 0.05) is 6.54 Å². The van der Waals surface area contributed by atoms with Crippen LogP contribution in [-0.2, 0) is 11.3 Å². The van der Waals surface area contributed by atoms with E-state index in [1.54, 1.807) is 6.07 Å². The fourth-order valence-corrected chi connectivity index (χ4v) is 1.33. The highest BCUT2D eigenvalue weighted by Gasteiger charge is 2.20. The van der Waals surface area contributed by atoms with E-state index in [2.05, 4.69) is 5.32 Å². The second kappa shape index (κ2) is 4.46. The second-order valence-corrected chi connectivity index (χ2v) is 3.00. The number of ether oxygens (including phenoxy) is 1. The predicted molar refractivity (Wildman–Crippen MR) is 55.7 cm³/mol. The fourth-order valence-electron chi connectivity index (χ4n) is 1.33. The third-order valence-corrected chi connectivity index (χ3v) is 1.96. The quantitative estimate of drug-likeness (QED) is 0.760. The Hall–Kier alpha value is -1.33. The lowest BCUT2D eigenvalue weighted by Crippen LogP contribution is -2.26. The van der Waals surface area contributed by atoms with Crippen LogP contribution in [0.3, 0.4) is 0 Å². The van der Waals surface area contributed by atoms with Gasteiger partial charge in [0.25, 0.3) is 5.91 Å². The number of nitrogens with two attached hydrogens (primary N) is 1. The fraction of sp³-hybridized carbons (Fsp3) is 0.222. The lowest BCUT2D eigenvalue weighted by molar-refractivity contribution is -0.118. The molecule has 0 unspecified atom stereocenters. The van der Waals surface area contributed by atoms with E-state index in [1.807, 2.05) is 0 Å². The molecular formula is C9H10ClFN2O2. The molecule has 0 aliphatic carbocycles. The number of hydrogen-bond acceptors (Lipinski definition) is 3. The summed E-state index contributed by atoms with van der Waals surface area (Å²) in [5.74, 6) is -0.698. The summed E-state index contributed by atoms with van der Waals surface area (Å²) in [6.45, 7) is 0.0754. The Bertz CT molecular complexity index is 398. The molecular weight excluding hydrogens is 223 g/mol. The first-order valence-electron chi connectivity index (χ1n) is 4.16. The molecule has 0 saturated heterocycles. The second-order valence-electron chi connectivity index (χ2n) is 3.00. The van der Waals surface area contributed by atoms with Gasteiger partial charge in [0.2, 0.25) is 0 Å². The molecule has 1 aromatic rings. The Balaban J connectivity index is 0.00000112. The minimum atomic E-state index is -0.497. The van der Waals surface area contributed by atoms with Crippen LogP contribution in [0.2, 0.25) is 0 Å². The van der Waals surface area contributed by atoms with Crippen molar-refractivity contribution in [3.8, 4) is 5.75 Å². The first-order valence-corrected chi connectivity index (χ1v) is 4.16. The molecule has 0 spiro atoms. The summed E-state index contributed by atoms with van der Waals surface area (Å²) in [4.78, 5) is 10.9. The van der Waals surface area contributed by atoms with Gasteiger partial charge in [0.05, 0.1) is 5.69 Å². The van der Waals surface area contributed by atoms with E-state index in [0.717, 1.165) is 0 Å². The zero-order valence-electron chi connectivity index (χ0n) is 7.75. The molecule has 4 nitrogen and oxygen atoms in total. The molecule has 1 amide bonds. The van der Waals surface area contributed by atoms with Crippen LogP contribution in [0.25, 0.3) is 0 Å². The van der Waals surface area contributed by atoms with Gasteiger partial charge < -0.3 is 15.8 Å². The van der Waals surface area contributed by atoms with Crippen molar-refractivity contribution in [3.63, 3.8) is 0 Å². The molecule has 0 atom stereocenters. The summed E-state index contributed by atoms with van der Waals surface area (Å²) < 4.78 is 18.3. The van der Waals surface area contributed by atoms with E-state index in [9.17, 15) is 9.18 Å². The van der Waals surface area contributed by atoms with Gasteiger partial charge in [-0.25, -0.2) is 4.39 Å². The van der Waals surface area contributed by atoms with Crippen LogP contribution in [0, 0.1) is 5.82 Å². The van der Waals surface area contributed by atoms with Gasteiger partial charge in [0.1, 0.15) is 0 Å². The molecule has 0 saturated carbocycles. The van der Waals surface area contributed by atoms with Crippen molar-refractivity contribution in [1.29, 1.82) is 0 Å². The molecule has 0 bridgehead atoms. The summed E-state index contributed by atoms with van der Waals surface area (Å²) >= 11 is 0. The molecule has 1 aliphatic heterocycles. The van der Waals surface area contributed by atoms with Gasteiger partial charge in [-0.2, -0.15) is 0 Å². The average molecular weight is 233 g/mol. The summed E-state index contributed by atoms with van der Waals surface area (Å²) in [5, 5.41) is 2.52. The monoisotopic (exact) mass is 232 g/mol. The van der Waals surface area contributed by atoms with Crippen molar-refractivity contribution < 1.29 is 13.9 Å². The molecule has 1 aromatic carbocycles. The van der Waals surface area contributed by atoms with Gasteiger partial charge >= 0.3 is 0 Å². The maximum absolute atomic E-state index is 13.3. The van der Waals surface area contributed by atoms with E-state index < -0.39 is 5.82 Å². The van der Waals surface area contributed by atoms with Gasteiger partial charge in [-0.05, 0) is 17.7 Å². The highest BCUT2D eigenvalue weighted by molar-refractivity contribution is 5.95. The molecule has 1 aliphatic rings. The number of halogens is 2. The highest BCUT2D eigenvalue weighted by Crippen LogP contribution is 2.31. The van der Waals surface area contributed by atoms with Crippen LogP contribution in [0.1, 0.15) is 5.56 Å². The third kappa shape index (κ3) is 2.19. The van der Waals surface area contributed by atoms with Gasteiger partial charge in [0.15, 0.2) is 18.2 Å². The van der Waals surface area contributed by atoms with Crippen LogP contribution in [0.4, 0.5) is 10.1 Å². The number of carbonyl (C=O) groups excluding carboxylic acids is 1. The Morgan fingerprint density at radius 3 is 2.93 bits per heavy atom. The molecule has 6 heteroatoms. The summed E-state index contributed by atoms with van der Waals surface area (Å²) in [7, 11) is 0. The number of rotatable bonds is 1. The lowest BCUT2D eigenvalue weighted by Gasteiger charge is -2.18. The normalized spacial score (nSPS) is 13.3. The van der Waals surface area contributed by atoms with Gasteiger partial charge in [-0.1, -0.05) is 0 Å². The average Bonchev–Trinajstić information content (AvgIpc) is 2.16. The molecule has 3 N–H and O–H groups in total. The highest BCUT2D eigenvalue weighted by atomic mass is 35.5. The number of anilines is 1. The Morgan fingerprint density at radius 1 is 1.53 bits per heavy atom. The Kier molecular flexibility index (Phi) is 3.49. The summed E-state index contributed by atoms with van der Waals surface area (Å²) in [6.07, 6.45) is 0. The topological polar surface area (TPSA) is 64.3 Å². The van der Waals surface area contributed by atoms with Crippen molar-refractivity contribution in [2.75, 3.05) is 11.9 Å². The predicted octanol–water partition coefficient (Wildman–Crippen LogP) is 1.04. The van der Waals surface area contributed by atoms with E-state index in [0.29, 0.717) is 11.3 Å². The maximum Gasteiger partial charge on any atom is 0.262 e. The van der Waals surface area contributed by atoms with E-state index in [4.69, 9.17) is 10.5 Å². The van der Waals surface area contributed by atoms with Crippen LogP contribution >= 0.6 is 12.4 Å². The molecule has 0 radical (unpaired) electrons. The number of nitrogens with one attached hydrogen (secondary N) is 1. The van der Waals surface area contributed by atoms with Crippen LogP contribution in [-0.4, -0.2) is 12.5 Å². The van der Waals surface area contributed by atoms with Crippen molar-refractivity contribution in [2.24, 2.45) is 5.73 Å². The van der Waals surface area contributed by atoms with E-state index in [-0.39, 0.29) is 37.2 Å². The molecule has 82 valence electrons. The zero-order chi connectivity index (χ0) is 10.1. The van der Waals surface area contributed by atoms with Crippen LogP contribution < -0.4 is 15.8 Å². The van der Waals surface area contributed by atoms with Crippen LogP contribution in [0.15, 0.2) is 12.1 Å². The molecule has 2 rings (SSSR count). The first-order chi connectivity index (χ1) is 6.70. The van der Waals surface area contributed by atoms with Crippen molar-refractivity contribution in [1.82, 2.24) is 0 Å². The first kappa shape index (κ1) is 11.7. The molecule has 15 heavy (non-hydrogen) atoms. The summed E-state index contributed by atoms with van der Waals surface area (Å²) in [6, 6.07) is 2.91. The number of benzene rings is 1. The number of fused-ring (bicyclic) bond motifs is 1. The zero-order valence-corrected chi connectivity index (χ0v) is 8.57. The van der Waals surface area contributed by atoms with Crippen molar-refractivity contribution in [2.45, 2.75) is 6.54 Å². The minimum Gasteiger partial charge on any atom is -0.478 e. The standard InChI is InChI=1S/C9H9FN2O2.ClH/c10-6-1-5(3-11)2-7-9(6)14-4-8(13)12-7;/h1-2H,3-4,11H2,(H,12,13);1H. The smallest absolute Gasteiger partial charge is 0.262 e. The third-order valence-electron chi connectivity index (χ3n) is 1.96. The summed E-state index contributed by atoms with van der Waals surface area (Å²) in [5.41, 5.74) is 6.33. The molecule has 0 aromatic heterocycles. The SMILES string of the molecule is Cl.NCc1cc(F)c2c(c1)NC(=O)CO2. The molecule has 1 heterocycles. The van der Waals surface area contributed by atoms with Gasteiger partial charge in [-0.15, -0.1) is 12.4 Å². The van der Waals surface area contributed by atoms with E-state index >= 15 is 0 Å². The minimum absolute atomic E-state index is 0. The van der Waals surface area contributed by atoms with Crippen molar-refractivity contribution in [3.05, 3.63) is 23.5 Å². The number of carbonyl (C=O) groups is 1. The van der Waals surface area contributed by atoms with E-state index in [1.165, 1.54) is 6.07 Å². The Morgan fingerprint density at radius 2 is 2.27 bits per heavy atom. The lowest BCUT2D eigenvalue weighted by atomic mass is 10.1. The van der Waals surface area contributed by atoms with Gasteiger partial charge in [-0.3, -0.25) is 4.79 Å².